The lowest BCUT2D eigenvalue weighted by molar-refractivity contribution is -0.0452. The third-order valence-electron chi connectivity index (χ3n) is 9.09. The molecule has 0 aliphatic carbocycles. The van der Waals surface area contributed by atoms with Crippen LogP contribution in [0.1, 0.15) is 69.3 Å². The van der Waals surface area contributed by atoms with Crippen LogP contribution in [0.15, 0.2) is 78.4 Å². The first-order valence-electron chi connectivity index (χ1n) is 19.0. The van der Waals surface area contributed by atoms with Gasteiger partial charge in [-0.2, -0.15) is 20.5 Å². The van der Waals surface area contributed by atoms with Crippen molar-refractivity contribution in [2.24, 2.45) is 5.92 Å². The molecule has 0 fully saturated rings. The quantitative estimate of drug-likeness (QED) is 0.0646. The van der Waals surface area contributed by atoms with Gasteiger partial charge in [-0.05, 0) is 48.6 Å². The first-order chi connectivity index (χ1) is 30.6. The number of hydrogen-bond acceptors (Lipinski definition) is 12. The Morgan fingerprint density at radius 3 is 1.43 bits per heavy atom. The van der Waals surface area contributed by atoms with Crippen LogP contribution in [0, 0.1) is 28.6 Å². The SMILES string of the molecule is C/C(=C(\C#N)c1cccc(Cl)c1Cl)C(C)C.CC(C)c1nc(N)nc(N)c1-c1cccc(Cl)c1Cl.N#CCc1cccc(Cl)c1Cl.Nc1nc(N)c(-c2cccc(Cl)c2Cl)c(C(O)O)n1. The van der Waals surface area contributed by atoms with E-state index in [1.807, 2.05) is 58.9 Å². The zero-order chi connectivity index (χ0) is 48.9. The molecule has 0 saturated heterocycles. The molecule has 0 aliphatic heterocycles. The number of benzene rings is 4. The number of anilines is 4. The van der Waals surface area contributed by atoms with Crippen molar-refractivity contribution in [2.45, 2.75) is 53.2 Å². The van der Waals surface area contributed by atoms with Gasteiger partial charge in [0.1, 0.15) is 17.3 Å². The van der Waals surface area contributed by atoms with Gasteiger partial charge in [-0.25, -0.2) is 9.97 Å². The summed E-state index contributed by atoms with van der Waals surface area (Å²) in [5.41, 5.74) is 28.6. The van der Waals surface area contributed by atoms with Crippen molar-refractivity contribution in [3.05, 3.63) is 141 Å². The van der Waals surface area contributed by atoms with Crippen LogP contribution in [0.3, 0.4) is 0 Å². The van der Waals surface area contributed by atoms with E-state index in [4.69, 9.17) is 121 Å². The molecule has 4 aromatic carbocycles. The number of hydrogen-bond donors (Lipinski definition) is 6. The van der Waals surface area contributed by atoms with Gasteiger partial charge >= 0.3 is 0 Å². The summed E-state index contributed by atoms with van der Waals surface area (Å²) in [6, 6.07) is 25.0. The van der Waals surface area contributed by atoms with E-state index in [0.717, 1.165) is 22.4 Å². The number of nitrogen functional groups attached to an aromatic ring is 4. The summed E-state index contributed by atoms with van der Waals surface area (Å²) >= 11 is 47.8. The maximum absolute atomic E-state index is 9.35. The fourth-order valence-electron chi connectivity index (χ4n) is 5.70. The second-order valence-corrected chi connectivity index (χ2v) is 17.3. The van der Waals surface area contributed by atoms with Crippen molar-refractivity contribution >= 4 is 122 Å². The van der Waals surface area contributed by atoms with Crippen LogP contribution in [-0.4, -0.2) is 30.1 Å². The van der Waals surface area contributed by atoms with E-state index in [9.17, 15) is 15.5 Å². The lowest BCUT2D eigenvalue weighted by atomic mass is 9.95. The van der Waals surface area contributed by atoms with E-state index in [2.05, 4.69) is 26.0 Å². The number of aliphatic hydroxyl groups excluding tert-OH is 1. The number of rotatable bonds is 7. The van der Waals surface area contributed by atoms with Crippen molar-refractivity contribution in [3.8, 4) is 34.4 Å². The normalized spacial score (nSPS) is 11.0. The van der Waals surface area contributed by atoms with Gasteiger partial charge in [-0.1, -0.05) is 175 Å². The van der Waals surface area contributed by atoms with Gasteiger partial charge in [0, 0.05) is 22.3 Å². The summed E-state index contributed by atoms with van der Waals surface area (Å²) in [4.78, 5) is 15.8. The van der Waals surface area contributed by atoms with Crippen molar-refractivity contribution in [3.63, 3.8) is 0 Å². The number of nitrogens with two attached hydrogens (primary N) is 4. The number of aliphatic hydroxyl groups is 2. The molecule has 2 heterocycles. The molecule has 10 N–H and O–H groups in total. The Balaban J connectivity index is 0.000000234. The smallest absolute Gasteiger partial charge is 0.222 e. The monoisotopic (exact) mass is 1030 g/mol. The average molecular weight is 1040 g/mol. The third kappa shape index (κ3) is 14.3. The highest BCUT2D eigenvalue weighted by Crippen LogP contribution is 2.41. The maximum atomic E-state index is 9.35. The van der Waals surface area contributed by atoms with Gasteiger partial charge in [0.05, 0.1) is 75.6 Å². The molecule has 0 amide bonds. The lowest BCUT2D eigenvalue weighted by Crippen LogP contribution is -2.10. The van der Waals surface area contributed by atoms with Crippen LogP contribution in [0.25, 0.3) is 27.8 Å². The van der Waals surface area contributed by atoms with Gasteiger partial charge in [0.2, 0.25) is 11.9 Å². The number of nitriles is 2. The molecule has 0 radical (unpaired) electrons. The Morgan fingerprint density at radius 1 is 0.585 bits per heavy atom. The predicted octanol–water partition coefficient (Wildman–Crippen LogP) is 13.3. The molecule has 6 aromatic rings. The zero-order valence-corrected chi connectivity index (χ0v) is 41.3. The molecule has 12 nitrogen and oxygen atoms in total. The second kappa shape index (κ2) is 25.2. The first-order valence-corrected chi connectivity index (χ1v) is 22.1. The van der Waals surface area contributed by atoms with Crippen LogP contribution in [0.5, 0.6) is 0 Å². The largest absolute Gasteiger partial charge is 0.383 e. The van der Waals surface area contributed by atoms with E-state index < -0.39 is 6.29 Å². The molecular weight excluding hydrogens is 996 g/mol. The Labute approximate surface area is 417 Å². The van der Waals surface area contributed by atoms with Gasteiger partial charge < -0.3 is 33.1 Å². The standard InChI is InChI=1S/C13H14Cl2N4.C13H13Cl2N.C11H10Cl2N4O2.C8H5Cl2N/c1-6(2)11-9(12(16)19-13(17)18-11)7-4-3-5-8(14)10(7)15;1-8(2)9(3)11(7-16)10-5-4-6-12(14)13(10)15;12-5-3-1-2-4(7(5)13)6-8(10(18)19)16-11(15)17-9(6)14;9-7-3-1-2-6(4-5-11)8(7)10/h3-6H,1-2H3,(H4,16,17,18,19);4-6,8H,1-3H3;1-3,10,18-19H,(H4,14,15,16,17);1-3H,4H2/b;11-9-;;. The fourth-order valence-corrected chi connectivity index (χ4v) is 7.27. The Bertz CT molecular complexity index is 2660. The maximum Gasteiger partial charge on any atom is 0.222 e. The second-order valence-electron chi connectivity index (χ2n) is 14.2. The minimum atomic E-state index is -1.86. The van der Waals surface area contributed by atoms with Crippen LogP contribution >= 0.6 is 92.8 Å². The molecule has 340 valence electrons. The number of halogens is 8. The highest BCUT2D eigenvalue weighted by molar-refractivity contribution is 6.45. The van der Waals surface area contributed by atoms with Crippen molar-refractivity contribution in [1.82, 2.24) is 19.9 Å². The highest BCUT2D eigenvalue weighted by atomic mass is 35.5. The zero-order valence-electron chi connectivity index (χ0n) is 35.3. The molecular formula is C45H42Cl8N10O2. The summed E-state index contributed by atoms with van der Waals surface area (Å²) in [6.45, 7) is 10.0. The van der Waals surface area contributed by atoms with E-state index in [1.165, 1.54) is 0 Å². The molecule has 2 aromatic heterocycles. The summed E-state index contributed by atoms with van der Waals surface area (Å²) in [6.07, 6.45) is -1.56. The molecule has 20 heteroatoms. The topological polar surface area (TPSA) is 244 Å². The van der Waals surface area contributed by atoms with Crippen molar-refractivity contribution in [1.29, 1.82) is 10.5 Å². The van der Waals surface area contributed by atoms with E-state index in [0.29, 0.717) is 75.6 Å². The Hall–Kier alpha value is -4.80. The van der Waals surface area contributed by atoms with Crippen LogP contribution in [0.2, 0.25) is 40.2 Å². The van der Waals surface area contributed by atoms with Gasteiger partial charge in [0.15, 0.2) is 6.29 Å². The van der Waals surface area contributed by atoms with E-state index in [-0.39, 0.29) is 39.9 Å². The van der Waals surface area contributed by atoms with Gasteiger partial charge in [0.25, 0.3) is 0 Å². The molecule has 0 spiro atoms. The van der Waals surface area contributed by atoms with Crippen LogP contribution in [-0.2, 0) is 6.42 Å². The Morgan fingerprint density at radius 2 is 1.00 bits per heavy atom. The number of aromatic nitrogens is 4. The van der Waals surface area contributed by atoms with Crippen LogP contribution in [0.4, 0.5) is 23.5 Å². The molecule has 0 atom stereocenters. The highest BCUT2D eigenvalue weighted by Gasteiger charge is 2.22. The van der Waals surface area contributed by atoms with Crippen LogP contribution < -0.4 is 22.9 Å². The average Bonchev–Trinajstić information content (AvgIpc) is 3.24. The molecule has 0 unspecified atom stereocenters. The molecule has 0 aliphatic rings. The molecule has 0 saturated carbocycles. The van der Waals surface area contributed by atoms with Gasteiger partial charge in [-0.15, -0.1) is 0 Å². The number of allylic oxidation sites excluding steroid dienone is 2. The molecule has 65 heavy (non-hydrogen) atoms. The first kappa shape index (κ1) is 54.5. The van der Waals surface area contributed by atoms with E-state index >= 15 is 0 Å². The summed E-state index contributed by atoms with van der Waals surface area (Å²) in [5, 5.41) is 39.6. The Kier molecular flexibility index (Phi) is 21.1. The van der Waals surface area contributed by atoms with Crippen molar-refractivity contribution in [2.75, 3.05) is 22.9 Å². The molecule has 6 rings (SSSR count). The number of nitrogens with zero attached hydrogens (tertiary/aromatic N) is 6. The van der Waals surface area contributed by atoms with Crippen molar-refractivity contribution < 1.29 is 10.2 Å². The third-order valence-corrected chi connectivity index (χ3v) is 12.4. The summed E-state index contributed by atoms with van der Waals surface area (Å²) < 4.78 is 0. The van der Waals surface area contributed by atoms with Gasteiger partial charge in [-0.3, -0.25) is 0 Å². The minimum Gasteiger partial charge on any atom is -0.383 e. The molecule has 0 bridgehead atoms. The predicted molar refractivity (Wildman–Crippen MR) is 269 cm³/mol. The van der Waals surface area contributed by atoms with E-state index in [1.54, 1.807) is 54.6 Å². The minimum absolute atomic E-state index is 0.0141. The fraction of sp³-hybridized carbons (Fsp3) is 0.200. The summed E-state index contributed by atoms with van der Waals surface area (Å²) in [5.74, 6) is 0.730. The lowest BCUT2D eigenvalue weighted by Gasteiger charge is -2.15. The summed E-state index contributed by atoms with van der Waals surface area (Å²) in [7, 11) is 0.